The molecule has 1 saturated heterocycles. The Balaban J connectivity index is 1.62. The molecular formula is C22H24FN3O3S. The first-order valence-electron chi connectivity index (χ1n) is 10.1. The fourth-order valence-corrected chi connectivity index (χ4v) is 6.01. The molecule has 0 amide bonds. The van der Waals surface area contributed by atoms with Gasteiger partial charge in [-0.05, 0) is 62.4 Å². The summed E-state index contributed by atoms with van der Waals surface area (Å²) in [6, 6.07) is 12.6. The van der Waals surface area contributed by atoms with Gasteiger partial charge in [0.15, 0.2) is 5.82 Å². The summed E-state index contributed by atoms with van der Waals surface area (Å²) in [4.78, 5) is 4.31. The molecule has 3 aromatic rings. The zero-order valence-electron chi connectivity index (χ0n) is 16.7. The molecule has 0 N–H and O–H groups in total. The van der Waals surface area contributed by atoms with E-state index in [1.165, 1.54) is 18.5 Å². The fourth-order valence-electron chi connectivity index (χ4n) is 4.12. The van der Waals surface area contributed by atoms with Crippen molar-refractivity contribution in [2.45, 2.75) is 56.0 Å². The van der Waals surface area contributed by atoms with Crippen molar-refractivity contribution in [3.8, 4) is 0 Å². The average molecular weight is 430 g/mol. The molecule has 4 rings (SSSR count). The molecule has 30 heavy (non-hydrogen) atoms. The topological polar surface area (TPSA) is 76.3 Å². The lowest BCUT2D eigenvalue weighted by molar-refractivity contribution is 0.308. The molecule has 8 heteroatoms. The van der Waals surface area contributed by atoms with Crippen LogP contribution in [-0.4, -0.2) is 28.9 Å². The summed E-state index contributed by atoms with van der Waals surface area (Å²) < 4.78 is 47.0. The lowest BCUT2D eigenvalue weighted by atomic mass is 10.0. The summed E-state index contributed by atoms with van der Waals surface area (Å²) in [7, 11) is -3.71. The molecule has 1 fully saturated rings. The molecule has 2 heterocycles. The lowest BCUT2D eigenvalue weighted by Gasteiger charge is -2.30. The van der Waals surface area contributed by atoms with Crippen LogP contribution in [0, 0.1) is 12.7 Å². The molecule has 0 saturated carbocycles. The van der Waals surface area contributed by atoms with Crippen LogP contribution in [0.3, 0.4) is 0 Å². The summed E-state index contributed by atoms with van der Waals surface area (Å²) in [6.45, 7) is 1.92. The molecule has 158 valence electrons. The van der Waals surface area contributed by atoms with Crippen LogP contribution >= 0.6 is 0 Å². The highest BCUT2D eigenvalue weighted by molar-refractivity contribution is 7.89. The van der Waals surface area contributed by atoms with Gasteiger partial charge in [-0.3, -0.25) is 0 Å². The van der Waals surface area contributed by atoms with Crippen molar-refractivity contribution in [3.63, 3.8) is 0 Å². The predicted molar refractivity (Wildman–Crippen MR) is 110 cm³/mol. The van der Waals surface area contributed by atoms with Gasteiger partial charge in [-0.15, -0.1) is 0 Å². The monoisotopic (exact) mass is 429 g/mol. The van der Waals surface area contributed by atoms with Crippen LogP contribution in [0.2, 0.25) is 0 Å². The van der Waals surface area contributed by atoms with Crippen LogP contribution < -0.4 is 0 Å². The maximum absolute atomic E-state index is 13.6. The van der Waals surface area contributed by atoms with Gasteiger partial charge in [0, 0.05) is 12.5 Å². The molecule has 2 aromatic carbocycles. The van der Waals surface area contributed by atoms with Crippen LogP contribution in [0.1, 0.15) is 48.7 Å². The molecule has 1 aromatic heterocycles. The molecule has 1 aliphatic rings. The maximum Gasteiger partial charge on any atom is 0.243 e. The van der Waals surface area contributed by atoms with Crippen molar-refractivity contribution < 1.29 is 17.3 Å². The van der Waals surface area contributed by atoms with Crippen LogP contribution in [0.5, 0.6) is 0 Å². The average Bonchev–Trinajstić information content (AvgIpc) is 3.39. The third kappa shape index (κ3) is 4.29. The number of sulfonamides is 1. The van der Waals surface area contributed by atoms with E-state index in [4.69, 9.17) is 4.52 Å². The first-order chi connectivity index (χ1) is 14.4. The van der Waals surface area contributed by atoms with Gasteiger partial charge in [-0.25, -0.2) is 12.8 Å². The Morgan fingerprint density at radius 2 is 1.83 bits per heavy atom. The minimum Gasteiger partial charge on any atom is -0.343 e. The Morgan fingerprint density at radius 3 is 2.50 bits per heavy atom. The molecule has 0 bridgehead atoms. The quantitative estimate of drug-likeness (QED) is 0.555. The van der Waals surface area contributed by atoms with Gasteiger partial charge < -0.3 is 4.52 Å². The molecule has 6 nitrogen and oxygen atoms in total. The van der Waals surface area contributed by atoms with Gasteiger partial charge in [-0.2, -0.15) is 9.29 Å². The minimum atomic E-state index is -3.71. The van der Waals surface area contributed by atoms with E-state index in [-0.39, 0.29) is 22.8 Å². The Bertz CT molecular complexity index is 1070. The molecule has 2 unspecified atom stereocenters. The van der Waals surface area contributed by atoms with Gasteiger partial charge in [0.05, 0.1) is 10.9 Å². The smallest absolute Gasteiger partial charge is 0.243 e. The van der Waals surface area contributed by atoms with Crippen molar-refractivity contribution >= 4 is 10.0 Å². The largest absolute Gasteiger partial charge is 0.343 e. The Hall–Kier alpha value is -2.58. The number of hydrogen-bond acceptors (Lipinski definition) is 5. The third-order valence-corrected chi connectivity index (χ3v) is 7.61. The van der Waals surface area contributed by atoms with Crippen LogP contribution in [0.25, 0.3) is 0 Å². The molecule has 1 aliphatic heterocycles. The number of rotatable bonds is 7. The highest BCUT2D eigenvalue weighted by Crippen LogP contribution is 2.42. The van der Waals surface area contributed by atoms with Crippen molar-refractivity contribution in [2.24, 2.45) is 0 Å². The van der Waals surface area contributed by atoms with Crippen molar-refractivity contribution in [2.75, 3.05) is 0 Å². The highest BCUT2D eigenvalue weighted by atomic mass is 32.2. The Morgan fingerprint density at radius 1 is 1.10 bits per heavy atom. The normalized spacial score (nSPS) is 19.9. The lowest BCUT2D eigenvalue weighted by Crippen LogP contribution is -2.37. The number of hydrogen-bond donors (Lipinski definition) is 0. The van der Waals surface area contributed by atoms with E-state index in [0.29, 0.717) is 25.1 Å². The second kappa shape index (κ2) is 8.65. The van der Waals surface area contributed by atoms with Crippen molar-refractivity contribution in [1.82, 2.24) is 14.4 Å². The van der Waals surface area contributed by atoms with E-state index in [2.05, 4.69) is 10.1 Å². The minimum absolute atomic E-state index is 0.141. The zero-order valence-corrected chi connectivity index (χ0v) is 17.6. The van der Waals surface area contributed by atoms with Gasteiger partial charge in [0.1, 0.15) is 5.82 Å². The standard InChI is InChI=1S/C22H24FN3O3S/c1-16-5-12-20(13-6-16)30(27,28)26-19(3-2-4-22-24-15-29-25-22)11-14-21(26)17-7-9-18(23)10-8-17/h5-10,12-13,15,19,21H,2-4,11,14H2,1H3. The second-order valence-electron chi connectivity index (χ2n) is 7.69. The SMILES string of the molecule is Cc1ccc(S(=O)(=O)N2C(CCCc3ncon3)CCC2c2ccc(F)cc2)cc1. The number of nitrogens with zero attached hydrogens (tertiary/aromatic N) is 3. The molecule has 0 aliphatic carbocycles. The van der Waals surface area contributed by atoms with Gasteiger partial charge in [0.25, 0.3) is 0 Å². The number of benzene rings is 2. The van der Waals surface area contributed by atoms with E-state index < -0.39 is 10.0 Å². The zero-order chi connectivity index (χ0) is 21.1. The highest BCUT2D eigenvalue weighted by Gasteiger charge is 2.42. The fraction of sp³-hybridized carbons (Fsp3) is 0.364. The molecule has 0 radical (unpaired) electrons. The van der Waals surface area contributed by atoms with E-state index in [1.807, 2.05) is 6.92 Å². The molecule has 2 atom stereocenters. The first-order valence-corrected chi connectivity index (χ1v) is 11.5. The first kappa shape index (κ1) is 20.7. The van der Waals surface area contributed by atoms with E-state index >= 15 is 0 Å². The van der Waals surface area contributed by atoms with Crippen LogP contribution in [-0.2, 0) is 16.4 Å². The van der Waals surface area contributed by atoms with E-state index in [0.717, 1.165) is 24.0 Å². The van der Waals surface area contributed by atoms with Gasteiger partial charge in [-0.1, -0.05) is 35.0 Å². The summed E-state index contributed by atoms with van der Waals surface area (Å²) in [5, 5.41) is 3.82. The molecule has 0 spiro atoms. The second-order valence-corrected chi connectivity index (χ2v) is 9.53. The Kier molecular flexibility index (Phi) is 5.97. The maximum atomic E-state index is 13.6. The van der Waals surface area contributed by atoms with Crippen LogP contribution in [0.15, 0.2) is 64.3 Å². The summed E-state index contributed by atoms with van der Waals surface area (Å²) >= 11 is 0. The van der Waals surface area contributed by atoms with Gasteiger partial charge >= 0.3 is 0 Å². The van der Waals surface area contributed by atoms with Crippen molar-refractivity contribution in [1.29, 1.82) is 0 Å². The summed E-state index contributed by atoms with van der Waals surface area (Å²) in [5.74, 6) is 0.289. The number of aromatic nitrogens is 2. The third-order valence-electron chi connectivity index (χ3n) is 5.64. The van der Waals surface area contributed by atoms with E-state index in [1.54, 1.807) is 40.7 Å². The molecular weight excluding hydrogens is 405 g/mol. The van der Waals surface area contributed by atoms with Gasteiger partial charge in [0.2, 0.25) is 16.4 Å². The Labute approximate surface area is 175 Å². The number of halogens is 1. The summed E-state index contributed by atoms with van der Waals surface area (Å²) in [6.07, 6.45) is 4.82. The summed E-state index contributed by atoms with van der Waals surface area (Å²) in [5.41, 5.74) is 1.81. The number of aryl methyl sites for hydroxylation is 2. The van der Waals surface area contributed by atoms with Crippen molar-refractivity contribution in [3.05, 3.63) is 77.7 Å². The van der Waals surface area contributed by atoms with E-state index in [9.17, 15) is 12.8 Å². The predicted octanol–water partition coefficient (Wildman–Crippen LogP) is 4.43. The van der Waals surface area contributed by atoms with Crippen LogP contribution in [0.4, 0.5) is 4.39 Å².